The lowest BCUT2D eigenvalue weighted by molar-refractivity contribution is 0.0735. The van der Waals surface area contributed by atoms with Gasteiger partial charge in [-0.05, 0) is 23.6 Å². The van der Waals surface area contributed by atoms with Crippen molar-refractivity contribution in [2.24, 2.45) is 7.05 Å². The van der Waals surface area contributed by atoms with Gasteiger partial charge in [-0.1, -0.05) is 0 Å². The van der Waals surface area contributed by atoms with Crippen molar-refractivity contribution in [2.45, 2.75) is 0 Å². The first-order valence-corrected chi connectivity index (χ1v) is 6.34. The fraction of sp³-hybridized carbons (Fsp3) is 0.0769. The Morgan fingerprint density at radius 3 is 3.06 bits per heavy atom. The maximum absolute atomic E-state index is 11.8. The van der Waals surface area contributed by atoms with E-state index < -0.39 is 0 Å². The third-order valence-corrected chi connectivity index (χ3v) is 3.35. The normalized spacial score (nSPS) is 10.7. The molecule has 0 spiro atoms. The van der Waals surface area contributed by atoms with Gasteiger partial charge in [0, 0.05) is 18.5 Å². The van der Waals surface area contributed by atoms with Crippen LogP contribution in [0.15, 0.2) is 41.4 Å². The summed E-state index contributed by atoms with van der Waals surface area (Å²) in [6.45, 7) is 0. The van der Waals surface area contributed by atoms with Crippen LogP contribution < -0.4 is 4.74 Å². The van der Waals surface area contributed by atoms with Gasteiger partial charge >= 0.3 is 5.97 Å². The predicted octanol–water partition coefficient (Wildman–Crippen LogP) is 2.85. The Kier molecular flexibility index (Phi) is 2.60. The predicted molar refractivity (Wildman–Crippen MR) is 70.0 cm³/mol. The Bertz CT molecular complexity index is 701. The van der Waals surface area contributed by atoms with Crippen LogP contribution in [0.2, 0.25) is 0 Å². The Labute approximate surface area is 107 Å². The molecule has 0 aliphatic heterocycles. The van der Waals surface area contributed by atoms with E-state index in [1.165, 1.54) is 11.3 Å². The first-order chi connectivity index (χ1) is 8.74. The Morgan fingerprint density at radius 2 is 2.28 bits per heavy atom. The molecule has 90 valence electrons. The van der Waals surface area contributed by atoms with E-state index >= 15 is 0 Å². The smallest absolute Gasteiger partial charge is 0.344 e. The largest absolute Gasteiger partial charge is 0.423 e. The van der Waals surface area contributed by atoms with Gasteiger partial charge in [0.15, 0.2) is 0 Å². The van der Waals surface area contributed by atoms with Crippen molar-refractivity contribution in [1.82, 2.24) is 9.55 Å². The highest BCUT2D eigenvalue weighted by Crippen LogP contribution is 2.20. The zero-order chi connectivity index (χ0) is 12.5. The Morgan fingerprint density at radius 1 is 1.39 bits per heavy atom. The number of aromatic nitrogens is 2. The zero-order valence-corrected chi connectivity index (χ0v) is 10.5. The van der Waals surface area contributed by atoms with Crippen LogP contribution in [-0.2, 0) is 7.05 Å². The average Bonchev–Trinajstić information content (AvgIpc) is 2.99. The third-order valence-electron chi connectivity index (χ3n) is 2.66. The van der Waals surface area contributed by atoms with Gasteiger partial charge in [-0.15, -0.1) is 0 Å². The molecule has 0 aliphatic rings. The summed E-state index contributed by atoms with van der Waals surface area (Å²) in [5.41, 5.74) is 2.39. The summed E-state index contributed by atoms with van der Waals surface area (Å²) < 4.78 is 7.21. The van der Waals surface area contributed by atoms with Crippen molar-refractivity contribution >= 4 is 28.3 Å². The summed E-state index contributed by atoms with van der Waals surface area (Å²) in [6, 6.07) is 7.17. The number of rotatable bonds is 2. The topological polar surface area (TPSA) is 44.1 Å². The van der Waals surface area contributed by atoms with Crippen LogP contribution in [0, 0.1) is 0 Å². The standard InChI is InChI=1S/C13H10N2O2S/c1-15-8-14-11-6-10(2-3-12(11)15)17-13(16)9-4-5-18-7-9/h2-8H,1H3. The maximum atomic E-state index is 11.8. The van der Waals surface area contributed by atoms with Gasteiger partial charge < -0.3 is 9.30 Å². The number of imidazole rings is 1. The summed E-state index contributed by atoms with van der Waals surface area (Å²) in [6.07, 6.45) is 1.73. The first-order valence-electron chi connectivity index (χ1n) is 5.39. The number of hydrogen-bond acceptors (Lipinski definition) is 4. The summed E-state index contributed by atoms with van der Waals surface area (Å²) in [5, 5.41) is 3.61. The number of esters is 1. The van der Waals surface area contributed by atoms with E-state index in [4.69, 9.17) is 4.74 Å². The highest BCUT2D eigenvalue weighted by Gasteiger charge is 2.09. The molecule has 0 radical (unpaired) electrons. The number of hydrogen-bond donors (Lipinski definition) is 0. The summed E-state index contributed by atoms with van der Waals surface area (Å²) in [7, 11) is 1.92. The second kappa shape index (κ2) is 4.27. The number of ether oxygens (including phenoxy) is 1. The Balaban J connectivity index is 1.89. The fourth-order valence-corrected chi connectivity index (χ4v) is 2.35. The molecule has 0 saturated heterocycles. The molecule has 2 aromatic heterocycles. The number of carbonyl (C=O) groups excluding carboxylic acids is 1. The first kappa shape index (κ1) is 11.0. The van der Waals surface area contributed by atoms with Crippen molar-refractivity contribution in [3.8, 4) is 5.75 Å². The van der Waals surface area contributed by atoms with Gasteiger partial charge in [0.25, 0.3) is 0 Å². The molecular weight excluding hydrogens is 248 g/mol. The number of nitrogens with zero attached hydrogens (tertiary/aromatic N) is 2. The molecule has 0 aliphatic carbocycles. The average molecular weight is 258 g/mol. The van der Waals surface area contributed by atoms with Crippen LogP contribution in [0.4, 0.5) is 0 Å². The summed E-state index contributed by atoms with van der Waals surface area (Å²) >= 11 is 1.47. The maximum Gasteiger partial charge on any atom is 0.344 e. The molecule has 0 fully saturated rings. The minimum Gasteiger partial charge on any atom is -0.423 e. The van der Waals surface area contributed by atoms with E-state index in [0.717, 1.165) is 11.0 Å². The van der Waals surface area contributed by atoms with E-state index in [1.54, 1.807) is 29.9 Å². The molecule has 3 rings (SSSR count). The monoisotopic (exact) mass is 258 g/mol. The van der Waals surface area contributed by atoms with E-state index in [0.29, 0.717) is 11.3 Å². The van der Waals surface area contributed by atoms with Crippen LogP contribution >= 0.6 is 11.3 Å². The lowest BCUT2D eigenvalue weighted by Gasteiger charge is -2.02. The molecule has 0 atom stereocenters. The number of aryl methyl sites for hydroxylation is 1. The van der Waals surface area contributed by atoms with Gasteiger partial charge in [-0.2, -0.15) is 11.3 Å². The summed E-state index contributed by atoms with van der Waals surface area (Å²) in [4.78, 5) is 16.0. The second-order valence-corrected chi connectivity index (χ2v) is 4.69. The van der Waals surface area contributed by atoms with Crippen LogP contribution in [0.3, 0.4) is 0 Å². The molecule has 2 heterocycles. The second-order valence-electron chi connectivity index (χ2n) is 3.91. The van der Waals surface area contributed by atoms with Crippen molar-refractivity contribution in [1.29, 1.82) is 0 Å². The van der Waals surface area contributed by atoms with Gasteiger partial charge in [-0.3, -0.25) is 0 Å². The molecule has 0 N–H and O–H groups in total. The molecule has 18 heavy (non-hydrogen) atoms. The molecule has 0 saturated carbocycles. The summed E-state index contributed by atoms with van der Waals surface area (Å²) in [5.74, 6) is 0.170. The van der Waals surface area contributed by atoms with Gasteiger partial charge in [0.2, 0.25) is 0 Å². The minimum absolute atomic E-state index is 0.341. The molecule has 4 nitrogen and oxygen atoms in total. The van der Waals surface area contributed by atoms with Crippen LogP contribution in [0.25, 0.3) is 11.0 Å². The third kappa shape index (κ3) is 1.89. The van der Waals surface area contributed by atoms with Gasteiger partial charge in [0.1, 0.15) is 5.75 Å². The number of benzene rings is 1. The molecular formula is C13H10N2O2S. The molecule has 5 heteroatoms. The van der Waals surface area contributed by atoms with Gasteiger partial charge in [-0.25, -0.2) is 9.78 Å². The number of carbonyl (C=O) groups is 1. The fourth-order valence-electron chi connectivity index (χ4n) is 1.73. The van der Waals surface area contributed by atoms with Crippen molar-refractivity contribution in [3.05, 3.63) is 46.9 Å². The van der Waals surface area contributed by atoms with Crippen molar-refractivity contribution in [2.75, 3.05) is 0 Å². The molecule has 0 unspecified atom stereocenters. The number of thiophene rings is 1. The SMILES string of the molecule is Cn1cnc2cc(OC(=O)c3ccsc3)ccc21. The lowest BCUT2D eigenvalue weighted by Crippen LogP contribution is -2.06. The van der Waals surface area contributed by atoms with Crippen LogP contribution in [0.5, 0.6) is 5.75 Å². The molecule has 0 amide bonds. The molecule has 1 aromatic carbocycles. The number of fused-ring (bicyclic) bond motifs is 1. The molecule has 3 aromatic rings. The molecule has 0 bridgehead atoms. The Hall–Kier alpha value is -2.14. The highest BCUT2D eigenvalue weighted by atomic mass is 32.1. The van der Waals surface area contributed by atoms with E-state index in [1.807, 2.05) is 23.1 Å². The quantitative estimate of drug-likeness (QED) is 0.524. The van der Waals surface area contributed by atoms with Crippen LogP contribution in [-0.4, -0.2) is 15.5 Å². The van der Waals surface area contributed by atoms with E-state index in [2.05, 4.69) is 4.98 Å². The van der Waals surface area contributed by atoms with Crippen LogP contribution in [0.1, 0.15) is 10.4 Å². The van der Waals surface area contributed by atoms with Gasteiger partial charge in [0.05, 0.1) is 22.9 Å². The minimum atomic E-state index is -0.341. The van der Waals surface area contributed by atoms with Crippen molar-refractivity contribution in [3.63, 3.8) is 0 Å². The van der Waals surface area contributed by atoms with Crippen molar-refractivity contribution < 1.29 is 9.53 Å². The zero-order valence-electron chi connectivity index (χ0n) is 9.66. The van der Waals surface area contributed by atoms with E-state index in [9.17, 15) is 4.79 Å². The highest BCUT2D eigenvalue weighted by molar-refractivity contribution is 7.08. The lowest BCUT2D eigenvalue weighted by atomic mass is 10.3. The van der Waals surface area contributed by atoms with E-state index in [-0.39, 0.29) is 5.97 Å².